The van der Waals surface area contributed by atoms with E-state index in [1.54, 1.807) is 12.1 Å². The number of carbonyl (C=O) groups is 1. The third-order valence-electron chi connectivity index (χ3n) is 4.64. The van der Waals surface area contributed by atoms with Gasteiger partial charge in [-0.3, -0.25) is 4.79 Å². The lowest BCUT2D eigenvalue weighted by molar-refractivity contribution is 0.0977. The van der Waals surface area contributed by atoms with Gasteiger partial charge in [0, 0.05) is 13.2 Å². The van der Waals surface area contributed by atoms with E-state index in [1.807, 2.05) is 18.6 Å². The highest BCUT2D eigenvalue weighted by molar-refractivity contribution is 7.90. The highest BCUT2D eigenvalue weighted by atomic mass is 32.2. The quantitative estimate of drug-likeness (QED) is 0.621. The third kappa shape index (κ3) is 4.29. The minimum atomic E-state index is -4.33. The average molecular weight is 449 g/mol. The van der Waals surface area contributed by atoms with Gasteiger partial charge in [-0.05, 0) is 29.7 Å². The Hall–Kier alpha value is -3.27. The van der Waals surface area contributed by atoms with Crippen molar-refractivity contribution in [2.45, 2.75) is 24.7 Å². The summed E-state index contributed by atoms with van der Waals surface area (Å²) in [5.74, 6) is -2.99. The Morgan fingerprint density at radius 2 is 1.74 bits per heavy atom. The fourth-order valence-corrected chi connectivity index (χ4v) is 4.66. The van der Waals surface area contributed by atoms with Gasteiger partial charge >= 0.3 is 0 Å². The van der Waals surface area contributed by atoms with Gasteiger partial charge in [-0.1, -0.05) is 32.0 Å². The molecule has 2 aromatic carbocycles. The summed E-state index contributed by atoms with van der Waals surface area (Å²) in [6.45, 7) is 3.62. The first-order valence-corrected chi connectivity index (χ1v) is 10.8. The number of imidazole rings is 1. The van der Waals surface area contributed by atoms with Gasteiger partial charge in [-0.25, -0.2) is 26.9 Å². The Morgan fingerprint density at radius 3 is 2.32 bits per heavy atom. The summed E-state index contributed by atoms with van der Waals surface area (Å²) < 4.78 is 62.7. The first kappa shape index (κ1) is 22.4. The summed E-state index contributed by atoms with van der Waals surface area (Å²) in [5, 5.41) is 0. The van der Waals surface area contributed by atoms with Crippen molar-refractivity contribution in [1.29, 1.82) is 0 Å². The molecule has 0 spiro atoms. The highest BCUT2D eigenvalue weighted by Gasteiger charge is 2.28. The number of halogens is 2. The molecule has 1 amide bonds. The van der Waals surface area contributed by atoms with Crippen LogP contribution in [0.4, 0.5) is 8.78 Å². The van der Waals surface area contributed by atoms with Crippen molar-refractivity contribution in [2.24, 2.45) is 7.05 Å². The maximum absolute atomic E-state index is 14.1. The summed E-state index contributed by atoms with van der Waals surface area (Å²) in [6, 6.07) is 8.09. The van der Waals surface area contributed by atoms with Crippen LogP contribution in [0.15, 0.2) is 47.5 Å². The van der Waals surface area contributed by atoms with Crippen LogP contribution in [0.1, 0.15) is 35.8 Å². The van der Waals surface area contributed by atoms with Crippen molar-refractivity contribution < 1.29 is 26.7 Å². The van der Waals surface area contributed by atoms with Crippen LogP contribution in [0.5, 0.6) is 5.75 Å². The van der Waals surface area contributed by atoms with Crippen molar-refractivity contribution in [2.75, 3.05) is 7.11 Å². The number of amides is 1. The van der Waals surface area contributed by atoms with Crippen LogP contribution in [0.3, 0.4) is 0 Å². The Kier molecular flexibility index (Phi) is 6.12. The number of rotatable bonds is 6. The van der Waals surface area contributed by atoms with Crippen LogP contribution >= 0.6 is 0 Å². The van der Waals surface area contributed by atoms with E-state index in [-0.39, 0.29) is 28.1 Å². The second kappa shape index (κ2) is 8.46. The van der Waals surface area contributed by atoms with E-state index in [0.717, 1.165) is 12.1 Å². The Morgan fingerprint density at radius 1 is 1.13 bits per heavy atom. The minimum absolute atomic E-state index is 0.0848. The monoisotopic (exact) mass is 449 g/mol. The molecular weight excluding hydrogens is 428 g/mol. The summed E-state index contributed by atoms with van der Waals surface area (Å²) in [4.78, 5) is 16.5. The van der Waals surface area contributed by atoms with Gasteiger partial charge in [-0.2, -0.15) is 0 Å². The van der Waals surface area contributed by atoms with Crippen LogP contribution in [-0.4, -0.2) is 31.0 Å². The topological polar surface area (TPSA) is 90.3 Å². The predicted molar refractivity (Wildman–Crippen MR) is 110 cm³/mol. The lowest BCUT2D eigenvalue weighted by Gasteiger charge is -2.16. The lowest BCUT2D eigenvalue weighted by Crippen LogP contribution is -2.32. The van der Waals surface area contributed by atoms with Crippen LogP contribution in [0.2, 0.25) is 0 Å². The van der Waals surface area contributed by atoms with E-state index in [4.69, 9.17) is 4.74 Å². The van der Waals surface area contributed by atoms with Crippen LogP contribution in [-0.2, 0) is 17.1 Å². The largest absolute Gasteiger partial charge is 0.495 e. The van der Waals surface area contributed by atoms with E-state index >= 15 is 0 Å². The molecule has 1 aromatic heterocycles. The molecule has 3 aromatic rings. The second-order valence-electron chi connectivity index (χ2n) is 7.13. The molecular formula is C21H21F2N3O4S. The van der Waals surface area contributed by atoms with E-state index in [1.165, 1.54) is 37.1 Å². The number of carbonyl (C=O) groups excluding carboxylic acids is 1. The standard InChI is InChI=1S/C21H21F2N3O4S/c1-12(2)13-7-5-10-17(30-4)19(13)31(28,29)25-21(27)16-11-26(3)20(24-16)18-14(22)8-6-9-15(18)23/h5-12H,1-4H3,(H,25,27). The Labute approximate surface area is 178 Å². The number of hydrogen-bond donors (Lipinski definition) is 1. The molecule has 10 heteroatoms. The molecule has 0 aliphatic heterocycles. The summed E-state index contributed by atoms with van der Waals surface area (Å²) >= 11 is 0. The van der Waals surface area contributed by atoms with Crippen molar-refractivity contribution >= 4 is 15.9 Å². The molecule has 1 heterocycles. The number of ether oxygens (including phenoxy) is 1. The highest BCUT2D eigenvalue weighted by Crippen LogP contribution is 2.32. The molecule has 1 N–H and O–H groups in total. The molecule has 164 valence electrons. The van der Waals surface area contributed by atoms with Gasteiger partial charge in [0.1, 0.15) is 33.8 Å². The van der Waals surface area contributed by atoms with Crippen molar-refractivity contribution in [3.05, 3.63) is 65.5 Å². The zero-order valence-corrected chi connectivity index (χ0v) is 18.1. The number of hydrogen-bond acceptors (Lipinski definition) is 5. The molecule has 0 radical (unpaired) electrons. The average Bonchev–Trinajstić information content (AvgIpc) is 3.08. The second-order valence-corrected chi connectivity index (χ2v) is 8.74. The van der Waals surface area contributed by atoms with Gasteiger partial charge in [-0.15, -0.1) is 0 Å². The summed E-state index contributed by atoms with van der Waals surface area (Å²) in [7, 11) is -1.56. The maximum atomic E-state index is 14.1. The lowest BCUT2D eigenvalue weighted by atomic mass is 10.0. The molecule has 0 unspecified atom stereocenters. The van der Waals surface area contributed by atoms with E-state index in [9.17, 15) is 22.0 Å². The van der Waals surface area contributed by atoms with Crippen LogP contribution in [0, 0.1) is 11.6 Å². The molecule has 0 aliphatic carbocycles. The molecule has 0 fully saturated rings. The first-order valence-electron chi connectivity index (χ1n) is 9.28. The van der Waals surface area contributed by atoms with Gasteiger partial charge in [0.15, 0.2) is 0 Å². The molecule has 3 rings (SSSR count). The molecule has 0 aliphatic rings. The minimum Gasteiger partial charge on any atom is -0.495 e. The third-order valence-corrected chi connectivity index (χ3v) is 6.07. The smallest absolute Gasteiger partial charge is 0.285 e. The number of benzene rings is 2. The summed E-state index contributed by atoms with van der Waals surface area (Å²) in [6.07, 6.45) is 1.19. The van der Waals surface area contributed by atoms with Gasteiger partial charge in [0.2, 0.25) is 0 Å². The number of sulfonamides is 1. The molecule has 0 saturated heterocycles. The molecule has 0 bridgehead atoms. The maximum Gasteiger partial charge on any atom is 0.285 e. The number of nitrogens with zero attached hydrogens (tertiary/aromatic N) is 2. The predicted octanol–water partition coefficient (Wildman–Crippen LogP) is 3.62. The number of methoxy groups -OCH3 is 1. The fraction of sp³-hybridized carbons (Fsp3) is 0.238. The van der Waals surface area contributed by atoms with Crippen molar-refractivity contribution in [1.82, 2.24) is 14.3 Å². The molecule has 0 saturated carbocycles. The summed E-state index contributed by atoms with van der Waals surface area (Å²) in [5.41, 5.74) is -0.266. The van der Waals surface area contributed by atoms with E-state index < -0.39 is 33.1 Å². The number of aryl methyl sites for hydroxylation is 1. The Bertz CT molecular complexity index is 1230. The van der Waals surface area contributed by atoms with E-state index in [0.29, 0.717) is 5.56 Å². The zero-order chi connectivity index (χ0) is 22.9. The van der Waals surface area contributed by atoms with Gasteiger partial charge in [0.05, 0.1) is 12.7 Å². The van der Waals surface area contributed by atoms with Crippen LogP contribution in [0.25, 0.3) is 11.4 Å². The van der Waals surface area contributed by atoms with Crippen molar-refractivity contribution in [3.8, 4) is 17.1 Å². The molecule has 7 nitrogen and oxygen atoms in total. The van der Waals surface area contributed by atoms with E-state index in [2.05, 4.69) is 4.98 Å². The first-order chi connectivity index (χ1) is 14.6. The SMILES string of the molecule is COc1cccc(C(C)C)c1S(=O)(=O)NC(=O)c1cn(C)c(-c2c(F)cccc2F)n1. The fourth-order valence-electron chi connectivity index (χ4n) is 3.18. The van der Waals surface area contributed by atoms with Crippen molar-refractivity contribution in [3.63, 3.8) is 0 Å². The molecule has 0 atom stereocenters. The zero-order valence-electron chi connectivity index (χ0n) is 17.3. The Balaban J connectivity index is 2.00. The number of aromatic nitrogens is 2. The van der Waals surface area contributed by atoms with Gasteiger partial charge < -0.3 is 9.30 Å². The normalized spacial score (nSPS) is 11.6. The number of nitrogens with one attached hydrogen (secondary N) is 1. The van der Waals surface area contributed by atoms with Gasteiger partial charge in [0.25, 0.3) is 15.9 Å². The van der Waals surface area contributed by atoms with Crippen LogP contribution < -0.4 is 9.46 Å². The molecule has 31 heavy (non-hydrogen) atoms.